The molecule has 1 unspecified atom stereocenters. The number of nitrogen functional groups attached to an aromatic ring is 1. The number of sulfonamides is 1. The summed E-state index contributed by atoms with van der Waals surface area (Å²) in [6.07, 6.45) is 1.97. The summed E-state index contributed by atoms with van der Waals surface area (Å²) in [5, 5.41) is 0. The van der Waals surface area contributed by atoms with E-state index in [-0.39, 0.29) is 10.8 Å². The first-order chi connectivity index (χ1) is 9.82. The fraction of sp³-hybridized carbons (Fsp3) is 0.538. The van der Waals surface area contributed by atoms with Crippen LogP contribution in [-0.4, -0.2) is 39.5 Å². The third-order valence-electron chi connectivity index (χ3n) is 3.46. The van der Waals surface area contributed by atoms with Gasteiger partial charge in [0.2, 0.25) is 10.0 Å². The molecule has 2 N–H and O–H groups in total. The third-order valence-corrected chi connectivity index (χ3v) is 7.16. The Balaban J connectivity index is 2.24. The van der Waals surface area contributed by atoms with Crippen LogP contribution in [0.25, 0.3) is 0 Å². The van der Waals surface area contributed by atoms with Gasteiger partial charge in [-0.05, 0) is 62.8 Å². The Morgan fingerprint density at radius 2 is 2.00 bits per heavy atom. The van der Waals surface area contributed by atoms with Crippen LogP contribution in [-0.2, 0) is 14.8 Å². The number of ether oxygens (including phenoxy) is 1. The van der Waals surface area contributed by atoms with E-state index in [0.717, 1.165) is 19.4 Å². The highest BCUT2D eigenvalue weighted by atomic mass is 79.9. The maximum Gasteiger partial charge on any atom is 0.245 e. The number of rotatable bonds is 4. The SMILES string of the molecule is CN(CC1CCCOC1)S(=O)(=O)c1c(Br)cc(N)cc1Br. The first-order valence-corrected chi connectivity index (χ1v) is 9.63. The fourth-order valence-electron chi connectivity index (χ4n) is 2.39. The van der Waals surface area contributed by atoms with E-state index in [9.17, 15) is 8.42 Å². The number of hydrogen-bond acceptors (Lipinski definition) is 4. The molecule has 0 radical (unpaired) electrons. The summed E-state index contributed by atoms with van der Waals surface area (Å²) in [6, 6.07) is 3.18. The lowest BCUT2D eigenvalue weighted by atomic mass is 10.0. The molecule has 5 nitrogen and oxygen atoms in total. The molecule has 2 rings (SSSR count). The van der Waals surface area contributed by atoms with Crippen LogP contribution in [0.3, 0.4) is 0 Å². The lowest BCUT2D eigenvalue weighted by Crippen LogP contribution is -2.35. The van der Waals surface area contributed by atoms with Crippen LogP contribution in [0.2, 0.25) is 0 Å². The zero-order valence-electron chi connectivity index (χ0n) is 11.7. The largest absolute Gasteiger partial charge is 0.399 e. The van der Waals surface area contributed by atoms with E-state index in [0.29, 0.717) is 27.8 Å². The first kappa shape index (κ1) is 17.2. The summed E-state index contributed by atoms with van der Waals surface area (Å²) in [6.45, 7) is 1.83. The number of halogens is 2. The molecule has 1 atom stereocenters. The van der Waals surface area contributed by atoms with Crippen molar-refractivity contribution in [3.63, 3.8) is 0 Å². The number of nitrogens with zero attached hydrogens (tertiary/aromatic N) is 1. The molecule has 0 spiro atoms. The van der Waals surface area contributed by atoms with Gasteiger partial charge in [0.15, 0.2) is 0 Å². The fourth-order valence-corrected chi connectivity index (χ4v) is 6.17. The Kier molecular flexibility index (Phi) is 5.70. The minimum Gasteiger partial charge on any atom is -0.399 e. The van der Waals surface area contributed by atoms with Crippen molar-refractivity contribution in [2.24, 2.45) is 5.92 Å². The molecular formula is C13H18Br2N2O3S. The molecule has 0 amide bonds. The number of hydrogen-bond donors (Lipinski definition) is 1. The zero-order valence-corrected chi connectivity index (χ0v) is 15.7. The lowest BCUT2D eigenvalue weighted by Gasteiger charge is -2.27. The van der Waals surface area contributed by atoms with E-state index in [1.54, 1.807) is 19.2 Å². The summed E-state index contributed by atoms with van der Waals surface area (Å²) in [5.41, 5.74) is 6.21. The number of nitrogens with two attached hydrogens (primary N) is 1. The van der Waals surface area contributed by atoms with E-state index < -0.39 is 10.0 Å². The van der Waals surface area contributed by atoms with Crippen molar-refractivity contribution in [3.8, 4) is 0 Å². The van der Waals surface area contributed by atoms with Crippen LogP contribution < -0.4 is 5.73 Å². The normalized spacial score (nSPS) is 19.9. The molecular weight excluding hydrogens is 424 g/mol. The molecule has 118 valence electrons. The second-order valence-corrected chi connectivity index (χ2v) is 8.87. The van der Waals surface area contributed by atoms with Crippen molar-refractivity contribution in [3.05, 3.63) is 21.1 Å². The van der Waals surface area contributed by atoms with Gasteiger partial charge in [-0.2, -0.15) is 0 Å². The highest BCUT2D eigenvalue weighted by Gasteiger charge is 2.29. The third kappa shape index (κ3) is 3.98. The summed E-state index contributed by atoms with van der Waals surface area (Å²) in [7, 11) is -1.99. The molecule has 1 fully saturated rings. The Hall–Kier alpha value is -0.150. The average Bonchev–Trinajstić information content (AvgIpc) is 2.38. The summed E-state index contributed by atoms with van der Waals surface area (Å²) in [4.78, 5) is 0.205. The quantitative estimate of drug-likeness (QED) is 0.729. The minimum absolute atomic E-state index is 0.205. The van der Waals surface area contributed by atoms with Crippen LogP contribution in [0.1, 0.15) is 12.8 Å². The summed E-state index contributed by atoms with van der Waals surface area (Å²) >= 11 is 6.57. The van der Waals surface area contributed by atoms with E-state index in [1.807, 2.05) is 0 Å². The highest BCUT2D eigenvalue weighted by molar-refractivity contribution is 9.11. The van der Waals surface area contributed by atoms with Gasteiger partial charge in [-0.1, -0.05) is 0 Å². The number of anilines is 1. The van der Waals surface area contributed by atoms with Gasteiger partial charge in [0, 0.05) is 34.8 Å². The van der Waals surface area contributed by atoms with Crippen molar-refractivity contribution < 1.29 is 13.2 Å². The second kappa shape index (κ2) is 6.95. The van der Waals surface area contributed by atoms with Crippen molar-refractivity contribution in [2.75, 3.05) is 32.5 Å². The van der Waals surface area contributed by atoms with Crippen molar-refractivity contribution in [1.29, 1.82) is 0 Å². The zero-order chi connectivity index (χ0) is 15.6. The predicted octanol–water partition coefficient (Wildman–Crippen LogP) is 2.84. The molecule has 1 aromatic rings. The first-order valence-electron chi connectivity index (χ1n) is 6.61. The Bertz CT molecular complexity index is 593. The smallest absolute Gasteiger partial charge is 0.245 e. The van der Waals surface area contributed by atoms with Crippen LogP contribution >= 0.6 is 31.9 Å². The molecule has 0 bridgehead atoms. The molecule has 8 heteroatoms. The van der Waals surface area contributed by atoms with Gasteiger partial charge in [-0.25, -0.2) is 12.7 Å². The second-order valence-electron chi connectivity index (χ2n) is 5.18. The minimum atomic E-state index is -3.59. The Morgan fingerprint density at radius 1 is 1.38 bits per heavy atom. The van der Waals surface area contributed by atoms with Crippen LogP contribution in [0.5, 0.6) is 0 Å². The van der Waals surface area contributed by atoms with E-state index in [2.05, 4.69) is 31.9 Å². The molecule has 1 saturated heterocycles. The maximum absolute atomic E-state index is 12.7. The predicted molar refractivity (Wildman–Crippen MR) is 89.6 cm³/mol. The monoisotopic (exact) mass is 440 g/mol. The van der Waals surface area contributed by atoms with Crippen molar-refractivity contribution in [1.82, 2.24) is 4.31 Å². The highest BCUT2D eigenvalue weighted by Crippen LogP contribution is 2.34. The standard InChI is InChI=1S/C13H18Br2N2O3S/c1-17(7-9-3-2-4-20-8-9)21(18,19)13-11(14)5-10(16)6-12(13)15/h5-6,9H,2-4,7-8,16H2,1H3. The Labute approximate surface area is 142 Å². The lowest BCUT2D eigenvalue weighted by molar-refractivity contribution is 0.0495. The van der Waals surface area contributed by atoms with Crippen molar-refractivity contribution in [2.45, 2.75) is 17.7 Å². The van der Waals surface area contributed by atoms with Gasteiger partial charge >= 0.3 is 0 Å². The van der Waals surface area contributed by atoms with Gasteiger partial charge in [0.1, 0.15) is 4.90 Å². The van der Waals surface area contributed by atoms with Crippen LogP contribution in [0.15, 0.2) is 26.0 Å². The molecule has 0 saturated carbocycles. The van der Waals surface area contributed by atoms with E-state index in [4.69, 9.17) is 10.5 Å². The average molecular weight is 442 g/mol. The van der Waals surface area contributed by atoms with E-state index in [1.165, 1.54) is 4.31 Å². The van der Waals surface area contributed by atoms with Crippen LogP contribution in [0, 0.1) is 5.92 Å². The summed E-state index contributed by atoms with van der Waals surface area (Å²) in [5.74, 6) is 0.241. The van der Waals surface area contributed by atoms with Gasteiger partial charge < -0.3 is 10.5 Å². The number of benzene rings is 1. The van der Waals surface area contributed by atoms with Gasteiger partial charge in [0.05, 0.1) is 6.61 Å². The van der Waals surface area contributed by atoms with Gasteiger partial charge in [-0.3, -0.25) is 0 Å². The summed E-state index contributed by atoms with van der Waals surface area (Å²) < 4.78 is 33.2. The van der Waals surface area contributed by atoms with Gasteiger partial charge in [-0.15, -0.1) is 0 Å². The molecule has 0 aliphatic carbocycles. The van der Waals surface area contributed by atoms with E-state index >= 15 is 0 Å². The molecule has 0 aromatic heterocycles. The maximum atomic E-state index is 12.7. The van der Waals surface area contributed by atoms with Gasteiger partial charge in [0.25, 0.3) is 0 Å². The molecule has 1 aromatic carbocycles. The molecule has 1 aliphatic heterocycles. The molecule has 1 aliphatic rings. The van der Waals surface area contributed by atoms with Crippen LogP contribution in [0.4, 0.5) is 5.69 Å². The Morgan fingerprint density at radius 3 is 2.52 bits per heavy atom. The molecule has 1 heterocycles. The molecule has 21 heavy (non-hydrogen) atoms. The van der Waals surface area contributed by atoms with Crippen molar-refractivity contribution >= 4 is 47.6 Å². The topological polar surface area (TPSA) is 72.6 Å².